The summed E-state index contributed by atoms with van der Waals surface area (Å²) in [6.07, 6.45) is 10.7. The Morgan fingerprint density at radius 1 is 0.556 bits per heavy atom. The number of H-pyrrole nitrogens is 2. The quantitative estimate of drug-likeness (QED) is 0.0878. The number of hydrogen-bond donors (Lipinski definition) is 7. The van der Waals surface area contributed by atoms with Crippen LogP contribution < -0.4 is 70.1 Å². The van der Waals surface area contributed by atoms with E-state index < -0.39 is 33.5 Å². The molecule has 15 rings (SSSR count). The van der Waals surface area contributed by atoms with Crippen LogP contribution in [0.4, 0.5) is 27.5 Å². The number of anilines is 4. The zero-order valence-corrected chi connectivity index (χ0v) is 51.0. The highest BCUT2D eigenvalue weighted by molar-refractivity contribution is 7.19. The van der Waals surface area contributed by atoms with E-state index in [0.29, 0.717) is 77.2 Å². The van der Waals surface area contributed by atoms with Gasteiger partial charge >= 0.3 is 6.09 Å². The number of aromatic nitrogens is 4. The summed E-state index contributed by atoms with van der Waals surface area (Å²) in [7, 11) is 0. The number of amides is 3. The summed E-state index contributed by atoms with van der Waals surface area (Å²) < 4.78 is 5.56. The number of nitrogens with two attached hydrogens (primary N) is 2. The molecule has 2 fully saturated rings. The standard InChI is InChI=1S/C37H36N6O6S.C29H30N6O4S/c38-28-29(31(45)30(28)44)43-13-9-23-7-6-22(16-24(23)19-43)18-39-34(47)32-40-33(46)27-25-8-10-37(17-26(25)50-35(27)41-32)11-14-42(15-12-37)36(48)49-20-21-4-2-1-3-5-21;30-21-22(24(37)23(21)36)35-10-4-16-2-1-15(11-17(16)14-35)13-32-27(39)25-33-26(38)20-18-3-5-29(6-8-31-9-7-29)12-19(18)40-28(20)34-25/h1-7,16H,8-15,17-20,38H2,(H,39,47)(H,40,41,46);1-2,11,31H,3-10,12-14,30H2,(H,32,39)(H,33,34,38). The van der Waals surface area contributed by atoms with Gasteiger partial charge < -0.3 is 56.8 Å². The number of rotatable bonds is 10. The Bertz CT molecular complexity index is 4670. The number of nitrogen functional groups attached to an aromatic ring is 2. The maximum absolute atomic E-state index is 13.3. The van der Waals surface area contributed by atoms with Gasteiger partial charge in [0.05, 0.1) is 10.8 Å². The lowest BCUT2D eigenvalue weighted by Crippen LogP contribution is -2.45. The fourth-order valence-corrected chi connectivity index (χ4v) is 17.2. The molecule has 0 saturated carbocycles. The van der Waals surface area contributed by atoms with Crippen molar-refractivity contribution in [3.63, 3.8) is 0 Å². The van der Waals surface area contributed by atoms with E-state index in [1.165, 1.54) is 16.2 Å². The van der Waals surface area contributed by atoms with Crippen molar-refractivity contribution in [2.45, 2.75) is 110 Å². The molecule has 2 aliphatic carbocycles. The van der Waals surface area contributed by atoms with E-state index >= 15 is 0 Å². The molecule has 5 aromatic carbocycles. The van der Waals surface area contributed by atoms with Crippen molar-refractivity contribution in [3.8, 4) is 0 Å². The Labute approximate surface area is 522 Å². The number of fused-ring (bicyclic) bond motifs is 8. The maximum Gasteiger partial charge on any atom is 0.410 e. The van der Waals surface area contributed by atoms with Crippen molar-refractivity contribution in [3.05, 3.63) is 200 Å². The number of aryl methyl sites for hydroxylation is 2. The predicted molar refractivity (Wildman–Crippen MR) is 345 cm³/mol. The highest BCUT2D eigenvalue weighted by Crippen LogP contribution is 2.48. The van der Waals surface area contributed by atoms with E-state index in [9.17, 15) is 43.2 Å². The minimum atomic E-state index is -0.630. The number of piperidine rings is 2. The molecule has 9 aromatic rings. The van der Waals surface area contributed by atoms with Crippen molar-refractivity contribution < 1.29 is 19.1 Å². The number of thiophene rings is 2. The first-order valence-corrected chi connectivity index (χ1v) is 32.3. The van der Waals surface area contributed by atoms with E-state index in [0.717, 1.165) is 139 Å². The van der Waals surface area contributed by atoms with Gasteiger partial charge in [0.15, 0.2) is 0 Å². The molecule has 22 nitrogen and oxygen atoms in total. The van der Waals surface area contributed by atoms with E-state index in [-0.39, 0.29) is 71.0 Å². The Morgan fingerprint density at radius 3 is 1.51 bits per heavy atom. The SMILES string of the molecule is Nc1c(N2CCc3ccc(CNC(=O)c4nc5sc6c(c5c(=O)[nH]4)CCC4(CCN(C(=O)OCc5ccccc5)CC4)C6)cc3C2)c(=O)c1=O.Nc1c(N2CCc3ccc(CNC(=O)c4nc5sc6c(c5c(=O)[nH]4)CCC4(CCNCC4)C6)cc3C2)c(=O)c1=O. The first kappa shape index (κ1) is 58.5. The molecular weight excluding hydrogens is 1180 g/mol. The average Bonchev–Trinajstić information content (AvgIpc) is 1.56. The largest absolute Gasteiger partial charge is 0.445 e. The van der Waals surface area contributed by atoms with Crippen LogP contribution in [0.2, 0.25) is 0 Å². The van der Waals surface area contributed by atoms with Gasteiger partial charge in [0.25, 0.3) is 44.6 Å². The van der Waals surface area contributed by atoms with Gasteiger partial charge in [-0.1, -0.05) is 66.7 Å². The van der Waals surface area contributed by atoms with E-state index in [2.05, 4.69) is 35.9 Å². The van der Waals surface area contributed by atoms with Gasteiger partial charge in [-0.05, 0) is 151 Å². The van der Waals surface area contributed by atoms with Gasteiger partial charge in [-0.25, -0.2) is 14.8 Å². The minimum Gasteiger partial charge on any atom is -0.445 e. The predicted octanol–water partition coefficient (Wildman–Crippen LogP) is 5.08. The molecule has 3 amide bonds. The molecule has 90 heavy (non-hydrogen) atoms. The van der Waals surface area contributed by atoms with Crippen LogP contribution in [0.3, 0.4) is 0 Å². The minimum absolute atomic E-state index is 0.0192. The lowest BCUT2D eigenvalue weighted by Gasteiger charge is -2.43. The third-order valence-corrected chi connectivity index (χ3v) is 22.0. The molecule has 0 atom stereocenters. The molecule has 4 aromatic heterocycles. The molecule has 0 bridgehead atoms. The molecule has 4 aliphatic heterocycles. The van der Waals surface area contributed by atoms with Gasteiger partial charge in [-0.3, -0.25) is 38.4 Å². The highest BCUT2D eigenvalue weighted by atomic mass is 32.1. The van der Waals surface area contributed by atoms with Crippen LogP contribution in [-0.2, 0) is 76.0 Å². The van der Waals surface area contributed by atoms with Crippen LogP contribution in [0, 0.1) is 10.8 Å². The monoisotopic (exact) mass is 1250 g/mol. The molecule has 0 unspecified atom stereocenters. The molecule has 462 valence electrons. The summed E-state index contributed by atoms with van der Waals surface area (Å²) in [6, 6.07) is 21.6. The molecule has 24 heteroatoms. The Morgan fingerprint density at radius 2 is 1.03 bits per heavy atom. The third kappa shape index (κ3) is 10.9. The van der Waals surface area contributed by atoms with Crippen LogP contribution in [-0.4, -0.2) is 82.0 Å². The van der Waals surface area contributed by atoms with E-state index in [1.807, 2.05) is 76.5 Å². The topological polar surface area (TPSA) is 318 Å². The Kier molecular flexibility index (Phi) is 15.2. The van der Waals surface area contributed by atoms with Gasteiger partial charge in [-0.2, -0.15) is 0 Å². The van der Waals surface area contributed by atoms with Crippen molar-refractivity contribution in [1.82, 2.24) is 40.8 Å². The number of likely N-dealkylation sites (tertiary alicyclic amines) is 1. The smallest absolute Gasteiger partial charge is 0.410 e. The molecule has 2 saturated heterocycles. The second-order valence-corrected chi connectivity index (χ2v) is 27.3. The van der Waals surface area contributed by atoms with Crippen LogP contribution in [0.25, 0.3) is 20.4 Å². The Hall–Kier alpha value is -9.13. The fraction of sp³-hybridized carbons (Fsp3) is 0.379. The lowest BCUT2D eigenvalue weighted by atomic mass is 9.68. The molecule has 9 N–H and O–H groups in total. The van der Waals surface area contributed by atoms with Crippen LogP contribution in [0.5, 0.6) is 0 Å². The number of nitrogens with zero attached hydrogens (tertiary/aromatic N) is 5. The van der Waals surface area contributed by atoms with Crippen LogP contribution in [0.15, 0.2) is 95.5 Å². The molecule has 6 aliphatic rings. The normalized spacial score (nSPS) is 17.4. The zero-order valence-electron chi connectivity index (χ0n) is 49.4. The first-order valence-electron chi connectivity index (χ1n) is 30.7. The molecule has 0 radical (unpaired) electrons. The summed E-state index contributed by atoms with van der Waals surface area (Å²) in [5.41, 5.74) is 18.8. The third-order valence-electron chi connectivity index (χ3n) is 19.7. The summed E-state index contributed by atoms with van der Waals surface area (Å²) in [4.78, 5) is 136. The molecular formula is C66H66N12O10S2. The number of carbonyl (C=O) groups excluding carboxylic acids is 3. The van der Waals surface area contributed by atoms with E-state index in [1.54, 1.807) is 16.2 Å². The maximum atomic E-state index is 13.3. The summed E-state index contributed by atoms with van der Waals surface area (Å²) >= 11 is 3.05. The molecule has 2 spiro atoms. The second kappa shape index (κ2) is 23.3. The molecule has 8 heterocycles. The van der Waals surface area contributed by atoms with Gasteiger partial charge in [-0.15, -0.1) is 22.7 Å². The van der Waals surface area contributed by atoms with Crippen molar-refractivity contribution >= 4 is 83.8 Å². The first-order chi connectivity index (χ1) is 43.5. The second-order valence-electron chi connectivity index (χ2n) is 25.1. The average molecular weight is 1250 g/mol. The lowest BCUT2D eigenvalue weighted by molar-refractivity contribution is 0.0563. The summed E-state index contributed by atoms with van der Waals surface area (Å²) in [5, 5.41) is 10.4. The van der Waals surface area contributed by atoms with Crippen molar-refractivity contribution in [1.29, 1.82) is 0 Å². The number of nitrogens with one attached hydrogen (secondary N) is 5. The zero-order chi connectivity index (χ0) is 62.2. The summed E-state index contributed by atoms with van der Waals surface area (Å²) in [5.74, 6) is -0.921. The van der Waals surface area contributed by atoms with Gasteiger partial charge in [0.2, 0.25) is 11.6 Å². The number of ether oxygens (including phenoxy) is 1. The Balaban J connectivity index is 0.000000161. The number of carbonyl (C=O) groups is 3. The van der Waals surface area contributed by atoms with Gasteiger partial charge in [0, 0.05) is 62.1 Å². The van der Waals surface area contributed by atoms with E-state index in [4.69, 9.17) is 16.2 Å². The fourth-order valence-electron chi connectivity index (χ4n) is 14.5. The van der Waals surface area contributed by atoms with Crippen LogP contribution >= 0.6 is 22.7 Å². The summed E-state index contributed by atoms with van der Waals surface area (Å²) in [6.45, 7) is 6.20. The number of hydrogen-bond acceptors (Lipinski definition) is 19. The number of aromatic amines is 2. The van der Waals surface area contributed by atoms with Crippen LogP contribution in [0.1, 0.15) is 120 Å². The van der Waals surface area contributed by atoms with Crippen molar-refractivity contribution in [2.24, 2.45) is 10.8 Å². The van der Waals surface area contributed by atoms with Crippen molar-refractivity contribution in [2.75, 3.05) is 60.5 Å². The highest BCUT2D eigenvalue weighted by Gasteiger charge is 2.42. The van der Waals surface area contributed by atoms with Gasteiger partial charge in [0.1, 0.15) is 39.0 Å². The number of benzene rings is 3.